The highest BCUT2D eigenvalue weighted by Crippen LogP contribution is 2.20. The van der Waals surface area contributed by atoms with Gasteiger partial charge in [-0.1, -0.05) is 30.3 Å². The number of methoxy groups -OCH3 is 1. The van der Waals surface area contributed by atoms with E-state index in [4.69, 9.17) is 4.74 Å². The zero-order chi connectivity index (χ0) is 18.8. The van der Waals surface area contributed by atoms with E-state index in [0.717, 1.165) is 11.3 Å². The minimum atomic E-state index is -2.85. The second-order valence-corrected chi connectivity index (χ2v) is 5.38. The van der Waals surface area contributed by atoms with Crippen LogP contribution in [-0.4, -0.2) is 26.2 Å². The summed E-state index contributed by atoms with van der Waals surface area (Å²) in [7, 11) is 1.62. The third-order valence-electron chi connectivity index (χ3n) is 3.56. The maximum Gasteiger partial charge on any atom is 0.387 e. The lowest BCUT2D eigenvalue weighted by Crippen LogP contribution is -2.36. The Bertz CT molecular complexity index is 706. The van der Waals surface area contributed by atoms with Gasteiger partial charge in [-0.3, -0.25) is 0 Å². The summed E-state index contributed by atoms with van der Waals surface area (Å²) in [6.07, 6.45) is 0. The van der Waals surface area contributed by atoms with Crippen LogP contribution >= 0.6 is 0 Å². The zero-order valence-corrected chi connectivity index (χ0v) is 14.8. The lowest BCUT2D eigenvalue weighted by Gasteiger charge is -2.14. The average Bonchev–Trinajstić information content (AvgIpc) is 2.65. The molecule has 2 aromatic carbocycles. The van der Waals surface area contributed by atoms with E-state index in [1.165, 1.54) is 6.07 Å². The molecule has 7 heteroatoms. The van der Waals surface area contributed by atoms with Crippen molar-refractivity contribution in [3.63, 3.8) is 0 Å². The summed E-state index contributed by atoms with van der Waals surface area (Å²) in [5, 5.41) is 6.26. The Morgan fingerprint density at radius 2 is 1.81 bits per heavy atom. The molecule has 2 aromatic rings. The predicted octanol–water partition coefficient (Wildman–Crippen LogP) is 3.55. The molecule has 0 fully saturated rings. The van der Waals surface area contributed by atoms with Gasteiger partial charge in [-0.05, 0) is 30.7 Å². The smallest absolute Gasteiger partial charge is 0.387 e. The number of alkyl halides is 2. The summed E-state index contributed by atoms with van der Waals surface area (Å²) in [6, 6.07) is 14.3. The fourth-order valence-corrected chi connectivity index (χ4v) is 2.28. The molecule has 0 spiro atoms. The molecule has 0 unspecified atom stereocenters. The molecule has 0 saturated carbocycles. The number of ether oxygens (including phenoxy) is 2. The number of guanidine groups is 1. The number of hydrogen-bond acceptors (Lipinski definition) is 3. The zero-order valence-electron chi connectivity index (χ0n) is 14.8. The first-order valence-electron chi connectivity index (χ1n) is 8.30. The van der Waals surface area contributed by atoms with Crippen molar-refractivity contribution in [3.8, 4) is 11.5 Å². The third-order valence-corrected chi connectivity index (χ3v) is 3.56. The third kappa shape index (κ3) is 6.23. The van der Waals surface area contributed by atoms with E-state index in [1.807, 2.05) is 31.2 Å². The number of nitrogens with zero attached hydrogens (tertiary/aromatic N) is 1. The van der Waals surface area contributed by atoms with Crippen molar-refractivity contribution in [2.24, 2.45) is 4.99 Å². The molecule has 0 aliphatic rings. The Labute approximate surface area is 152 Å². The number of para-hydroxylation sites is 1. The highest BCUT2D eigenvalue weighted by atomic mass is 19.3. The Kier molecular flexibility index (Phi) is 7.67. The van der Waals surface area contributed by atoms with E-state index in [1.54, 1.807) is 25.3 Å². The molecule has 140 valence electrons. The van der Waals surface area contributed by atoms with Crippen molar-refractivity contribution >= 4 is 5.96 Å². The van der Waals surface area contributed by atoms with Gasteiger partial charge in [0.2, 0.25) is 0 Å². The lowest BCUT2D eigenvalue weighted by atomic mass is 10.2. The number of benzene rings is 2. The summed E-state index contributed by atoms with van der Waals surface area (Å²) in [5.41, 5.74) is 1.66. The van der Waals surface area contributed by atoms with Gasteiger partial charge in [0.05, 0.1) is 13.7 Å². The maximum absolute atomic E-state index is 12.5. The second kappa shape index (κ2) is 10.2. The number of aliphatic imine (C=N–C) groups is 1. The first-order valence-corrected chi connectivity index (χ1v) is 8.30. The van der Waals surface area contributed by atoms with Gasteiger partial charge in [-0.15, -0.1) is 0 Å². The molecule has 2 N–H and O–H groups in total. The van der Waals surface area contributed by atoms with Gasteiger partial charge in [0.1, 0.15) is 11.5 Å². The largest absolute Gasteiger partial charge is 0.497 e. The van der Waals surface area contributed by atoms with Gasteiger partial charge in [-0.25, -0.2) is 4.99 Å². The quantitative estimate of drug-likeness (QED) is 0.556. The highest BCUT2D eigenvalue weighted by Gasteiger charge is 2.09. The first-order chi connectivity index (χ1) is 12.6. The molecule has 0 saturated heterocycles. The molecular formula is C19H23F2N3O2. The van der Waals surface area contributed by atoms with Crippen LogP contribution in [0.3, 0.4) is 0 Å². The molecule has 0 amide bonds. The molecular weight excluding hydrogens is 340 g/mol. The number of halogens is 2. The molecule has 0 aliphatic carbocycles. The number of rotatable bonds is 8. The van der Waals surface area contributed by atoms with Crippen LogP contribution in [0.2, 0.25) is 0 Å². The van der Waals surface area contributed by atoms with Crippen LogP contribution in [0.5, 0.6) is 11.5 Å². The van der Waals surface area contributed by atoms with Gasteiger partial charge in [0, 0.05) is 18.7 Å². The van der Waals surface area contributed by atoms with Crippen molar-refractivity contribution in [2.75, 3.05) is 13.7 Å². The molecule has 0 aromatic heterocycles. The average molecular weight is 363 g/mol. The molecule has 0 radical (unpaired) electrons. The summed E-state index contributed by atoms with van der Waals surface area (Å²) in [5.74, 6) is 1.54. The van der Waals surface area contributed by atoms with Crippen molar-refractivity contribution in [2.45, 2.75) is 26.6 Å². The predicted molar refractivity (Wildman–Crippen MR) is 97.7 cm³/mol. The Balaban J connectivity index is 2.01. The monoisotopic (exact) mass is 363 g/mol. The summed E-state index contributed by atoms with van der Waals surface area (Å²) >= 11 is 0. The Hall–Kier alpha value is -2.83. The van der Waals surface area contributed by atoms with Crippen molar-refractivity contribution in [1.29, 1.82) is 0 Å². The second-order valence-electron chi connectivity index (χ2n) is 5.38. The number of hydrogen-bond donors (Lipinski definition) is 2. The molecule has 5 nitrogen and oxygen atoms in total. The highest BCUT2D eigenvalue weighted by molar-refractivity contribution is 5.79. The van der Waals surface area contributed by atoms with Crippen LogP contribution < -0.4 is 20.1 Å². The topological polar surface area (TPSA) is 54.9 Å². The molecule has 0 bridgehead atoms. The fourth-order valence-electron chi connectivity index (χ4n) is 2.28. The minimum absolute atomic E-state index is 0.154. The Morgan fingerprint density at radius 3 is 2.46 bits per heavy atom. The van der Waals surface area contributed by atoms with Crippen molar-refractivity contribution in [1.82, 2.24) is 10.6 Å². The Morgan fingerprint density at radius 1 is 1.08 bits per heavy atom. The fraction of sp³-hybridized carbons (Fsp3) is 0.316. The summed E-state index contributed by atoms with van der Waals surface area (Å²) in [6.45, 7) is 0.585. The molecule has 0 aliphatic heterocycles. The van der Waals surface area contributed by atoms with Crippen molar-refractivity contribution in [3.05, 3.63) is 59.7 Å². The van der Waals surface area contributed by atoms with Crippen LogP contribution in [0.4, 0.5) is 8.78 Å². The standard InChI is InChI=1S/C19H23F2N3O2/c1-3-22-19(23-12-14-8-10-16(25-2)11-9-14)24-13-15-6-4-5-7-17(15)26-18(20)21/h4-11,18H,3,12-13H2,1-2H3,(H2,22,23,24). The van der Waals surface area contributed by atoms with Gasteiger partial charge < -0.3 is 20.1 Å². The van der Waals surface area contributed by atoms with Crippen LogP contribution in [0.15, 0.2) is 53.5 Å². The minimum Gasteiger partial charge on any atom is -0.497 e. The van der Waals surface area contributed by atoms with E-state index in [0.29, 0.717) is 31.2 Å². The van der Waals surface area contributed by atoms with Gasteiger partial charge in [-0.2, -0.15) is 8.78 Å². The molecule has 2 rings (SSSR count). The molecule has 26 heavy (non-hydrogen) atoms. The van der Waals surface area contributed by atoms with Gasteiger partial charge >= 0.3 is 6.61 Å². The van der Waals surface area contributed by atoms with E-state index in [-0.39, 0.29) is 5.75 Å². The SMILES string of the molecule is CCNC(=NCc1ccc(OC)cc1)NCc1ccccc1OC(F)F. The van der Waals surface area contributed by atoms with Crippen molar-refractivity contribution < 1.29 is 18.3 Å². The van der Waals surface area contributed by atoms with E-state index in [9.17, 15) is 8.78 Å². The van der Waals surface area contributed by atoms with Gasteiger partial charge in [0.25, 0.3) is 0 Å². The van der Waals surface area contributed by atoms with Crippen LogP contribution in [0.1, 0.15) is 18.1 Å². The van der Waals surface area contributed by atoms with E-state index < -0.39 is 6.61 Å². The van der Waals surface area contributed by atoms with E-state index >= 15 is 0 Å². The first kappa shape index (κ1) is 19.5. The van der Waals surface area contributed by atoms with Crippen LogP contribution in [0.25, 0.3) is 0 Å². The summed E-state index contributed by atoms with van der Waals surface area (Å²) in [4.78, 5) is 4.51. The lowest BCUT2D eigenvalue weighted by molar-refractivity contribution is -0.0504. The van der Waals surface area contributed by atoms with E-state index in [2.05, 4.69) is 20.4 Å². The molecule has 0 atom stereocenters. The van der Waals surface area contributed by atoms with Crippen LogP contribution in [0, 0.1) is 0 Å². The molecule has 0 heterocycles. The van der Waals surface area contributed by atoms with Gasteiger partial charge in [0.15, 0.2) is 5.96 Å². The maximum atomic E-state index is 12.5. The normalized spacial score (nSPS) is 11.3. The number of nitrogens with one attached hydrogen (secondary N) is 2. The van der Waals surface area contributed by atoms with Crippen LogP contribution in [-0.2, 0) is 13.1 Å². The summed E-state index contributed by atoms with van der Waals surface area (Å²) < 4.78 is 34.7.